The SMILES string of the molecule is CCc1nc(NN)cc(Oc2ccc(F)cc2C)n1. The van der Waals surface area contributed by atoms with Crippen LogP contribution in [0.3, 0.4) is 0 Å². The van der Waals surface area contributed by atoms with Gasteiger partial charge in [-0.2, -0.15) is 4.98 Å². The molecule has 0 spiro atoms. The molecule has 0 unspecified atom stereocenters. The molecule has 1 aromatic heterocycles. The van der Waals surface area contributed by atoms with Crippen molar-refractivity contribution in [2.24, 2.45) is 5.84 Å². The van der Waals surface area contributed by atoms with Gasteiger partial charge in [0.1, 0.15) is 23.2 Å². The van der Waals surface area contributed by atoms with Crippen LogP contribution in [0, 0.1) is 12.7 Å². The lowest BCUT2D eigenvalue weighted by molar-refractivity contribution is 0.454. The zero-order chi connectivity index (χ0) is 13.8. The van der Waals surface area contributed by atoms with Gasteiger partial charge in [-0.1, -0.05) is 6.92 Å². The lowest BCUT2D eigenvalue weighted by atomic mass is 10.2. The van der Waals surface area contributed by atoms with E-state index in [0.717, 1.165) is 0 Å². The highest BCUT2D eigenvalue weighted by Crippen LogP contribution is 2.25. The van der Waals surface area contributed by atoms with Crippen molar-refractivity contribution < 1.29 is 9.13 Å². The number of anilines is 1. The highest BCUT2D eigenvalue weighted by atomic mass is 19.1. The Morgan fingerprint density at radius 3 is 2.74 bits per heavy atom. The average molecular weight is 262 g/mol. The minimum Gasteiger partial charge on any atom is -0.439 e. The first-order chi connectivity index (χ1) is 9.12. The number of hydrogen-bond donors (Lipinski definition) is 2. The molecule has 0 saturated carbocycles. The molecule has 5 nitrogen and oxygen atoms in total. The number of hydrazine groups is 1. The van der Waals surface area contributed by atoms with Crippen LogP contribution < -0.4 is 16.0 Å². The fourth-order valence-corrected chi connectivity index (χ4v) is 1.60. The van der Waals surface area contributed by atoms with E-state index in [0.29, 0.717) is 35.3 Å². The Hall–Kier alpha value is -2.21. The summed E-state index contributed by atoms with van der Waals surface area (Å²) in [6.07, 6.45) is 0.661. The lowest BCUT2D eigenvalue weighted by Crippen LogP contribution is -2.10. The summed E-state index contributed by atoms with van der Waals surface area (Å²) in [6, 6.07) is 5.89. The van der Waals surface area contributed by atoms with Gasteiger partial charge in [-0.15, -0.1) is 0 Å². The molecule has 0 saturated heterocycles. The molecule has 3 N–H and O–H groups in total. The molecule has 1 heterocycles. The summed E-state index contributed by atoms with van der Waals surface area (Å²) >= 11 is 0. The van der Waals surface area contributed by atoms with Crippen LogP contribution in [-0.2, 0) is 6.42 Å². The fraction of sp³-hybridized carbons (Fsp3) is 0.231. The largest absolute Gasteiger partial charge is 0.439 e. The monoisotopic (exact) mass is 262 g/mol. The molecule has 0 amide bonds. The van der Waals surface area contributed by atoms with Crippen molar-refractivity contribution >= 4 is 5.82 Å². The number of benzene rings is 1. The number of aryl methyl sites for hydroxylation is 2. The summed E-state index contributed by atoms with van der Waals surface area (Å²) in [7, 11) is 0. The second kappa shape index (κ2) is 5.62. The van der Waals surface area contributed by atoms with Crippen molar-refractivity contribution in [1.82, 2.24) is 9.97 Å². The Morgan fingerprint density at radius 2 is 2.11 bits per heavy atom. The van der Waals surface area contributed by atoms with Crippen LogP contribution in [0.4, 0.5) is 10.2 Å². The molecule has 2 aromatic rings. The Morgan fingerprint density at radius 1 is 1.32 bits per heavy atom. The van der Waals surface area contributed by atoms with Gasteiger partial charge in [-0.3, -0.25) is 0 Å². The van der Waals surface area contributed by atoms with Gasteiger partial charge in [0.15, 0.2) is 0 Å². The van der Waals surface area contributed by atoms with E-state index in [2.05, 4.69) is 15.4 Å². The number of nitrogens with one attached hydrogen (secondary N) is 1. The van der Waals surface area contributed by atoms with E-state index in [1.54, 1.807) is 19.1 Å². The van der Waals surface area contributed by atoms with E-state index in [1.807, 2.05) is 6.92 Å². The third kappa shape index (κ3) is 3.17. The molecule has 100 valence electrons. The molecule has 0 atom stereocenters. The molecule has 0 radical (unpaired) electrons. The van der Waals surface area contributed by atoms with Gasteiger partial charge in [0.05, 0.1) is 0 Å². The topological polar surface area (TPSA) is 73.1 Å². The first-order valence-corrected chi connectivity index (χ1v) is 5.91. The smallest absolute Gasteiger partial charge is 0.224 e. The van der Waals surface area contributed by atoms with Crippen LogP contribution in [0.1, 0.15) is 18.3 Å². The summed E-state index contributed by atoms with van der Waals surface area (Å²) < 4.78 is 18.7. The maximum Gasteiger partial charge on any atom is 0.224 e. The van der Waals surface area contributed by atoms with Gasteiger partial charge >= 0.3 is 0 Å². The maximum atomic E-state index is 13.0. The zero-order valence-electron chi connectivity index (χ0n) is 10.8. The molecule has 0 aliphatic heterocycles. The van der Waals surface area contributed by atoms with Crippen LogP contribution in [0.15, 0.2) is 24.3 Å². The van der Waals surface area contributed by atoms with Crippen molar-refractivity contribution in [3.63, 3.8) is 0 Å². The van der Waals surface area contributed by atoms with Gasteiger partial charge in [0, 0.05) is 12.5 Å². The van der Waals surface area contributed by atoms with E-state index in [1.165, 1.54) is 12.1 Å². The number of ether oxygens (including phenoxy) is 1. The Kier molecular flexibility index (Phi) is 3.91. The maximum absolute atomic E-state index is 13.0. The Labute approximate surface area is 110 Å². The first-order valence-electron chi connectivity index (χ1n) is 5.91. The van der Waals surface area contributed by atoms with Gasteiger partial charge in [-0.25, -0.2) is 15.2 Å². The molecule has 19 heavy (non-hydrogen) atoms. The van der Waals surface area contributed by atoms with Gasteiger partial charge in [0.2, 0.25) is 5.88 Å². The van der Waals surface area contributed by atoms with Gasteiger partial charge in [0.25, 0.3) is 0 Å². The minimum atomic E-state index is -0.300. The Bertz CT molecular complexity index is 567. The van der Waals surface area contributed by atoms with Crippen molar-refractivity contribution in [2.75, 3.05) is 5.43 Å². The Balaban J connectivity index is 2.31. The third-order valence-corrected chi connectivity index (χ3v) is 2.56. The summed E-state index contributed by atoms with van der Waals surface area (Å²) in [5.74, 6) is 7.05. The van der Waals surface area contributed by atoms with Crippen LogP contribution >= 0.6 is 0 Å². The van der Waals surface area contributed by atoms with Crippen molar-refractivity contribution in [3.05, 3.63) is 41.5 Å². The number of hydrogen-bond acceptors (Lipinski definition) is 5. The molecular weight excluding hydrogens is 247 g/mol. The highest BCUT2D eigenvalue weighted by Gasteiger charge is 2.07. The van der Waals surface area contributed by atoms with Gasteiger partial charge < -0.3 is 10.2 Å². The standard InChI is InChI=1S/C13H15FN4O/c1-3-11-16-12(18-15)7-13(17-11)19-10-5-4-9(14)6-8(10)2/h4-7H,3,15H2,1-2H3,(H,16,17,18). The van der Waals surface area contributed by atoms with Crippen molar-refractivity contribution in [1.29, 1.82) is 0 Å². The molecule has 0 aliphatic rings. The van der Waals surface area contributed by atoms with Gasteiger partial charge in [-0.05, 0) is 30.7 Å². The van der Waals surface area contributed by atoms with E-state index in [4.69, 9.17) is 10.6 Å². The summed E-state index contributed by atoms with van der Waals surface area (Å²) in [4.78, 5) is 8.40. The highest BCUT2D eigenvalue weighted by molar-refractivity contribution is 5.40. The van der Waals surface area contributed by atoms with E-state index in [9.17, 15) is 4.39 Å². The fourth-order valence-electron chi connectivity index (χ4n) is 1.60. The number of nitrogens with zero attached hydrogens (tertiary/aromatic N) is 2. The molecule has 1 aromatic carbocycles. The summed E-state index contributed by atoms with van der Waals surface area (Å²) in [5.41, 5.74) is 3.15. The van der Waals surface area contributed by atoms with Crippen molar-refractivity contribution in [3.8, 4) is 11.6 Å². The molecule has 2 rings (SSSR count). The molecule has 6 heteroatoms. The quantitative estimate of drug-likeness (QED) is 0.654. The number of halogens is 1. The minimum absolute atomic E-state index is 0.300. The third-order valence-electron chi connectivity index (χ3n) is 2.56. The van der Waals surface area contributed by atoms with E-state index in [-0.39, 0.29) is 5.82 Å². The average Bonchev–Trinajstić information content (AvgIpc) is 2.41. The van der Waals surface area contributed by atoms with Crippen LogP contribution in [-0.4, -0.2) is 9.97 Å². The molecule has 0 aliphatic carbocycles. The first kappa shape index (κ1) is 13.2. The van der Waals surface area contributed by atoms with E-state index < -0.39 is 0 Å². The number of nitrogens with two attached hydrogens (primary N) is 1. The summed E-state index contributed by atoms with van der Waals surface area (Å²) in [6.45, 7) is 3.70. The van der Waals surface area contributed by atoms with Crippen LogP contribution in [0.2, 0.25) is 0 Å². The number of rotatable bonds is 4. The second-order valence-electron chi connectivity index (χ2n) is 4.02. The normalized spacial score (nSPS) is 10.3. The lowest BCUT2D eigenvalue weighted by Gasteiger charge is -2.10. The number of nitrogen functional groups attached to an aromatic ring is 1. The molecule has 0 bridgehead atoms. The zero-order valence-corrected chi connectivity index (χ0v) is 10.8. The molecule has 0 fully saturated rings. The summed E-state index contributed by atoms with van der Waals surface area (Å²) in [5, 5.41) is 0. The van der Waals surface area contributed by atoms with Crippen molar-refractivity contribution in [2.45, 2.75) is 20.3 Å². The second-order valence-corrected chi connectivity index (χ2v) is 4.02. The number of aromatic nitrogens is 2. The van der Waals surface area contributed by atoms with Crippen LogP contribution in [0.25, 0.3) is 0 Å². The van der Waals surface area contributed by atoms with Crippen LogP contribution in [0.5, 0.6) is 11.6 Å². The predicted octanol–water partition coefficient (Wildman–Crippen LogP) is 2.56. The molecular formula is C13H15FN4O. The predicted molar refractivity (Wildman–Crippen MR) is 70.4 cm³/mol. The van der Waals surface area contributed by atoms with E-state index >= 15 is 0 Å².